The highest BCUT2D eigenvalue weighted by Gasteiger charge is 2.26. The molecule has 1 aromatic heterocycles. The van der Waals surface area contributed by atoms with Crippen molar-refractivity contribution in [3.63, 3.8) is 0 Å². The number of ether oxygens (including phenoxy) is 1. The molecule has 2 N–H and O–H groups in total. The fourth-order valence-electron chi connectivity index (χ4n) is 3.08. The third-order valence-corrected chi connectivity index (χ3v) is 4.55. The van der Waals surface area contributed by atoms with Gasteiger partial charge in [0.2, 0.25) is 5.91 Å². The van der Waals surface area contributed by atoms with Gasteiger partial charge in [0.05, 0.1) is 12.8 Å². The maximum atomic E-state index is 12.3. The first-order chi connectivity index (χ1) is 12.2. The van der Waals surface area contributed by atoms with Crippen molar-refractivity contribution in [1.82, 2.24) is 20.4 Å². The Balaban J connectivity index is 1.40. The Labute approximate surface area is 148 Å². The lowest BCUT2D eigenvalue weighted by Crippen LogP contribution is -2.49. The van der Waals surface area contributed by atoms with Crippen molar-refractivity contribution in [3.8, 4) is 0 Å². The van der Waals surface area contributed by atoms with Crippen LogP contribution in [0, 0.1) is 6.92 Å². The molecular formula is C19H26N4O2. The summed E-state index contributed by atoms with van der Waals surface area (Å²) < 4.78 is 5.66. The molecule has 134 valence electrons. The third-order valence-electron chi connectivity index (χ3n) is 4.55. The van der Waals surface area contributed by atoms with Gasteiger partial charge in [0, 0.05) is 31.9 Å². The first-order valence-corrected chi connectivity index (χ1v) is 8.87. The summed E-state index contributed by atoms with van der Waals surface area (Å²) in [5, 5.41) is 9.94. The molecule has 1 fully saturated rings. The van der Waals surface area contributed by atoms with E-state index >= 15 is 0 Å². The van der Waals surface area contributed by atoms with E-state index in [9.17, 15) is 4.79 Å². The van der Waals surface area contributed by atoms with E-state index in [0.29, 0.717) is 19.7 Å². The molecule has 0 saturated carbocycles. The van der Waals surface area contributed by atoms with Crippen LogP contribution in [-0.4, -0.2) is 53.3 Å². The lowest BCUT2D eigenvalue weighted by molar-refractivity contribution is -0.138. The predicted octanol–water partition coefficient (Wildman–Crippen LogP) is 1.67. The number of nitrogens with one attached hydrogen (secondary N) is 2. The van der Waals surface area contributed by atoms with Gasteiger partial charge in [-0.25, -0.2) is 0 Å². The SMILES string of the molecule is Cc1[nH]ncc1CCCNC(=O)C1CN(Cc2ccccc2)CCO1. The second-order valence-electron chi connectivity index (χ2n) is 6.49. The second-order valence-corrected chi connectivity index (χ2v) is 6.49. The van der Waals surface area contributed by atoms with Gasteiger partial charge < -0.3 is 10.1 Å². The summed E-state index contributed by atoms with van der Waals surface area (Å²) in [6.45, 7) is 5.62. The Hall–Kier alpha value is -2.18. The molecule has 1 unspecified atom stereocenters. The molecule has 1 saturated heterocycles. The largest absolute Gasteiger partial charge is 0.366 e. The van der Waals surface area contributed by atoms with Crippen LogP contribution in [0.15, 0.2) is 36.5 Å². The van der Waals surface area contributed by atoms with E-state index in [1.165, 1.54) is 11.1 Å². The molecule has 1 aliphatic rings. The van der Waals surface area contributed by atoms with E-state index in [4.69, 9.17) is 4.74 Å². The molecule has 1 amide bonds. The number of H-pyrrole nitrogens is 1. The Morgan fingerprint density at radius 1 is 1.40 bits per heavy atom. The molecule has 2 heterocycles. The molecule has 3 rings (SSSR count). The predicted molar refractivity (Wildman–Crippen MR) is 96.1 cm³/mol. The first-order valence-electron chi connectivity index (χ1n) is 8.87. The van der Waals surface area contributed by atoms with Crippen molar-refractivity contribution < 1.29 is 9.53 Å². The molecule has 0 spiro atoms. The van der Waals surface area contributed by atoms with Crippen LogP contribution in [0.25, 0.3) is 0 Å². The number of aromatic amines is 1. The van der Waals surface area contributed by atoms with Crippen molar-refractivity contribution in [3.05, 3.63) is 53.3 Å². The highest BCUT2D eigenvalue weighted by Crippen LogP contribution is 2.11. The van der Waals surface area contributed by atoms with Crippen molar-refractivity contribution in [1.29, 1.82) is 0 Å². The van der Waals surface area contributed by atoms with Gasteiger partial charge in [0.25, 0.3) is 0 Å². The standard InChI is InChI=1S/C19H26N4O2/c1-15-17(12-21-22-15)8-5-9-20-19(24)18-14-23(10-11-25-18)13-16-6-3-2-4-7-16/h2-4,6-7,12,18H,5,8-11,13-14H2,1H3,(H,20,24)(H,21,22). The molecule has 0 bridgehead atoms. The highest BCUT2D eigenvalue weighted by molar-refractivity contribution is 5.81. The quantitative estimate of drug-likeness (QED) is 0.751. The number of amides is 1. The average molecular weight is 342 g/mol. The van der Waals surface area contributed by atoms with Gasteiger partial charge in [-0.15, -0.1) is 0 Å². The van der Waals surface area contributed by atoms with E-state index in [2.05, 4.69) is 32.5 Å². The molecule has 6 heteroatoms. The van der Waals surface area contributed by atoms with Crippen LogP contribution >= 0.6 is 0 Å². The van der Waals surface area contributed by atoms with Crippen molar-refractivity contribution in [2.45, 2.75) is 32.4 Å². The summed E-state index contributed by atoms with van der Waals surface area (Å²) in [5.41, 5.74) is 3.56. The van der Waals surface area contributed by atoms with E-state index in [1.54, 1.807) is 0 Å². The van der Waals surface area contributed by atoms with Crippen LogP contribution in [0.3, 0.4) is 0 Å². The lowest BCUT2D eigenvalue weighted by Gasteiger charge is -2.32. The van der Waals surface area contributed by atoms with Crippen LogP contribution in [0.1, 0.15) is 23.2 Å². The van der Waals surface area contributed by atoms with Crippen LogP contribution in [-0.2, 0) is 22.5 Å². The summed E-state index contributed by atoms with van der Waals surface area (Å²) in [6, 6.07) is 10.3. The van der Waals surface area contributed by atoms with Crippen LogP contribution in [0.2, 0.25) is 0 Å². The molecule has 2 aromatic rings. The minimum Gasteiger partial charge on any atom is -0.366 e. The number of hydrogen-bond acceptors (Lipinski definition) is 4. The lowest BCUT2D eigenvalue weighted by atomic mass is 10.1. The zero-order chi connectivity index (χ0) is 17.5. The zero-order valence-electron chi connectivity index (χ0n) is 14.7. The van der Waals surface area contributed by atoms with Crippen molar-refractivity contribution >= 4 is 5.91 Å². The fourth-order valence-corrected chi connectivity index (χ4v) is 3.08. The van der Waals surface area contributed by atoms with Gasteiger partial charge >= 0.3 is 0 Å². The second kappa shape index (κ2) is 8.78. The minimum absolute atomic E-state index is 0.0123. The van der Waals surface area contributed by atoms with Gasteiger partial charge in [0.1, 0.15) is 6.10 Å². The van der Waals surface area contributed by atoms with E-state index < -0.39 is 0 Å². The van der Waals surface area contributed by atoms with Gasteiger partial charge in [-0.1, -0.05) is 30.3 Å². The minimum atomic E-state index is -0.381. The van der Waals surface area contributed by atoms with Crippen LogP contribution < -0.4 is 5.32 Å². The third kappa shape index (κ3) is 5.14. The monoisotopic (exact) mass is 342 g/mol. The van der Waals surface area contributed by atoms with Crippen LogP contribution in [0.4, 0.5) is 0 Å². The first kappa shape index (κ1) is 17.6. The smallest absolute Gasteiger partial charge is 0.250 e. The summed E-state index contributed by atoms with van der Waals surface area (Å²) in [4.78, 5) is 14.6. The summed E-state index contributed by atoms with van der Waals surface area (Å²) in [5.74, 6) is -0.0123. The molecule has 1 aliphatic heterocycles. The highest BCUT2D eigenvalue weighted by atomic mass is 16.5. The molecule has 0 radical (unpaired) electrons. The van der Waals surface area contributed by atoms with Gasteiger partial charge in [0.15, 0.2) is 0 Å². The van der Waals surface area contributed by atoms with E-state index in [0.717, 1.165) is 31.6 Å². The number of morpholine rings is 1. The number of nitrogens with zero attached hydrogens (tertiary/aromatic N) is 2. The van der Waals surface area contributed by atoms with Crippen molar-refractivity contribution in [2.24, 2.45) is 0 Å². The maximum absolute atomic E-state index is 12.3. The normalized spacial score (nSPS) is 18.2. The van der Waals surface area contributed by atoms with Crippen LogP contribution in [0.5, 0.6) is 0 Å². The average Bonchev–Trinajstić information content (AvgIpc) is 3.04. The number of aromatic nitrogens is 2. The van der Waals surface area contributed by atoms with E-state index in [1.807, 2.05) is 31.3 Å². The summed E-state index contributed by atoms with van der Waals surface area (Å²) in [7, 11) is 0. The Kier molecular flexibility index (Phi) is 6.19. The number of rotatable bonds is 7. The van der Waals surface area contributed by atoms with Gasteiger partial charge in [-0.2, -0.15) is 5.10 Å². The Morgan fingerprint density at radius 2 is 2.24 bits per heavy atom. The molecule has 1 atom stereocenters. The molecule has 1 aromatic carbocycles. The van der Waals surface area contributed by atoms with Crippen molar-refractivity contribution in [2.75, 3.05) is 26.2 Å². The fraction of sp³-hybridized carbons (Fsp3) is 0.474. The number of aryl methyl sites for hydroxylation is 2. The number of benzene rings is 1. The maximum Gasteiger partial charge on any atom is 0.250 e. The molecule has 25 heavy (non-hydrogen) atoms. The number of carbonyl (C=O) groups is 1. The Morgan fingerprint density at radius 3 is 3.00 bits per heavy atom. The van der Waals surface area contributed by atoms with Gasteiger partial charge in [-0.3, -0.25) is 14.8 Å². The number of carbonyl (C=O) groups excluding carboxylic acids is 1. The topological polar surface area (TPSA) is 70.2 Å². The molecular weight excluding hydrogens is 316 g/mol. The molecule has 0 aliphatic carbocycles. The van der Waals surface area contributed by atoms with E-state index in [-0.39, 0.29) is 12.0 Å². The molecule has 6 nitrogen and oxygen atoms in total. The Bertz CT molecular complexity index is 671. The number of hydrogen-bond donors (Lipinski definition) is 2. The zero-order valence-corrected chi connectivity index (χ0v) is 14.7. The summed E-state index contributed by atoms with van der Waals surface area (Å²) >= 11 is 0. The van der Waals surface area contributed by atoms with Gasteiger partial charge in [-0.05, 0) is 30.9 Å². The summed E-state index contributed by atoms with van der Waals surface area (Å²) in [6.07, 6.45) is 3.28.